The lowest BCUT2D eigenvalue weighted by Gasteiger charge is -2.34. The molecule has 1 fully saturated rings. The molecule has 3 heterocycles. The van der Waals surface area contributed by atoms with E-state index in [4.69, 9.17) is 9.47 Å². The van der Waals surface area contributed by atoms with Gasteiger partial charge in [-0.1, -0.05) is 48.5 Å². The first-order valence-electron chi connectivity index (χ1n) is 13.1. The van der Waals surface area contributed by atoms with Gasteiger partial charge in [-0.2, -0.15) is 0 Å². The second-order valence-electron chi connectivity index (χ2n) is 10.2. The van der Waals surface area contributed by atoms with E-state index in [1.165, 1.54) is 24.0 Å². The zero-order chi connectivity index (χ0) is 24.6. The molecule has 5 nitrogen and oxygen atoms in total. The summed E-state index contributed by atoms with van der Waals surface area (Å²) >= 11 is 0. The van der Waals surface area contributed by atoms with Gasteiger partial charge in [-0.25, -0.2) is 0 Å². The zero-order valence-electron chi connectivity index (χ0n) is 21.5. The Kier molecular flexibility index (Phi) is 7.47. The normalized spacial score (nSPS) is 17.8. The van der Waals surface area contributed by atoms with E-state index in [0.29, 0.717) is 12.5 Å². The maximum Gasteiger partial charge on any atom is 0.254 e. The molecule has 1 unspecified atom stereocenters. The van der Waals surface area contributed by atoms with Gasteiger partial charge >= 0.3 is 0 Å². The number of aliphatic hydroxyl groups excluding tert-OH is 1. The first-order valence-corrected chi connectivity index (χ1v) is 13.1. The van der Waals surface area contributed by atoms with Gasteiger partial charge in [0, 0.05) is 23.7 Å². The van der Waals surface area contributed by atoms with Crippen molar-refractivity contribution in [1.82, 2.24) is 9.47 Å². The van der Waals surface area contributed by atoms with Crippen molar-refractivity contribution in [3.63, 3.8) is 0 Å². The third kappa shape index (κ3) is 4.96. The second-order valence-corrected chi connectivity index (χ2v) is 10.2. The van der Waals surface area contributed by atoms with Gasteiger partial charge in [0.25, 0.3) is 6.29 Å². The van der Waals surface area contributed by atoms with Gasteiger partial charge in [-0.15, -0.1) is 12.4 Å². The number of hydrogen-bond donors (Lipinski definition) is 1. The summed E-state index contributed by atoms with van der Waals surface area (Å²) in [7, 11) is 0. The molecule has 2 aliphatic heterocycles. The number of halogens is 1. The average Bonchev–Trinajstić information content (AvgIpc) is 3.44. The average molecular weight is 519 g/mol. The number of hydrogen-bond acceptors (Lipinski definition) is 4. The van der Waals surface area contributed by atoms with Crippen LogP contribution in [-0.2, 0) is 6.54 Å². The smallest absolute Gasteiger partial charge is 0.254 e. The fourth-order valence-corrected chi connectivity index (χ4v) is 6.11. The molecule has 0 saturated carbocycles. The molecule has 0 aliphatic carbocycles. The van der Waals surface area contributed by atoms with Crippen LogP contribution in [0.2, 0.25) is 0 Å². The highest BCUT2D eigenvalue weighted by molar-refractivity contribution is 5.90. The quantitative estimate of drug-likeness (QED) is 0.324. The van der Waals surface area contributed by atoms with Crippen molar-refractivity contribution < 1.29 is 14.6 Å². The van der Waals surface area contributed by atoms with E-state index in [0.717, 1.165) is 53.3 Å². The Morgan fingerprint density at radius 1 is 0.865 bits per heavy atom. The monoisotopic (exact) mass is 518 g/mol. The third-order valence-corrected chi connectivity index (χ3v) is 7.82. The van der Waals surface area contributed by atoms with Gasteiger partial charge in [0.15, 0.2) is 11.5 Å². The maximum absolute atomic E-state index is 9.73. The van der Waals surface area contributed by atoms with Crippen LogP contribution in [0.3, 0.4) is 0 Å². The number of fused-ring (bicyclic) bond motifs is 2. The molecule has 6 rings (SSSR count). The minimum absolute atomic E-state index is 0. The minimum Gasteiger partial charge on any atom is -0.450 e. The molecule has 1 N–H and O–H groups in total. The van der Waals surface area contributed by atoms with Crippen molar-refractivity contribution in [3.8, 4) is 22.8 Å². The minimum atomic E-state index is -0.289. The standard InChI is InChI=1S/C31H34N2O3.ClH/c1-21-7-6-8-22(2)31(21)24-11-13-32(14-12-24)20-30-35-28-18-25-17-26(23-9-4-3-5-10-23)33(15-16-34)27(25)19-29(28)36-30;/h3-10,17-19,24,30,34H,11-16,20H2,1-2H3;1H. The van der Waals surface area contributed by atoms with Crippen molar-refractivity contribution in [2.75, 3.05) is 26.2 Å². The number of likely N-dealkylation sites (tertiary alicyclic amines) is 1. The number of benzene rings is 3. The van der Waals surface area contributed by atoms with Crippen molar-refractivity contribution >= 4 is 23.3 Å². The molecule has 1 aromatic heterocycles. The Labute approximate surface area is 225 Å². The van der Waals surface area contributed by atoms with Crippen molar-refractivity contribution in [2.45, 2.75) is 45.4 Å². The molecule has 1 saturated heterocycles. The van der Waals surface area contributed by atoms with Gasteiger partial charge in [-0.05, 0) is 80.1 Å². The highest BCUT2D eigenvalue weighted by atomic mass is 35.5. The molecular formula is C31H35ClN2O3. The summed E-state index contributed by atoms with van der Waals surface area (Å²) in [5.41, 5.74) is 7.65. The summed E-state index contributed by atoms with van der Waals surface area (Å²) in [6.07, 6.45) is 2.05. The van der Waals surface area contributed by atoms with E-state index in [1.807, 2.05) is 18.2 Å². The Balaban J connectivity index is 0.00000280. The van der Waals surface area contributed by atoms with Crippen LogP contribution in [0.5, 0.6) is 11.5 Å². The van der Waals surface area contributed by atoms with Crippen LogP contribution >= 0.6 is 12.4 Å². The van der Waals surface area contributed by atoms with Crippen LogP contribution in [0.4, 0.5) is 0 Å². The van der Waals surface area contributed by atoms with Crippen LogP contribution in [0.25, 0.3) is 22.2 Å². The highest BCUT2D eigenvalue weighted by Gasteiger charge is 2.30. The van der Waals surface area contributed by atoms with Crippen molar-refractivity contribution in [2.24, 2.45) is 0 Å². The predicted molar refractivity (Wildman–Crippen MR) is 151 cm³/mol. The van der Waals surface area contributed by atoms with E-state index in [-0.39, 0.29) is 25.3 Å². The molecule has 3 aromatic carbocycles. The largest absolute Gasteiger partial charge is 0.450 e. The van der Waals surface area contributed by atoms with E-state index in [9.17, 15) is 5.11 Å². The van der Waals surface area contributed by atoms with Gasteiger partial charge in [0.05, 0.1) is 18.7 Å². The summed E-state index contributed by atoms with van der Waals surface area (Å²) in [5, 5.41) is 10.8. The van der Waals surface area contributed by atoms with E-state index < -0.39 is 0 Å². The van der Waals surface area contributed by atoms with Gasteiger partial charge in [0.2, 0.25) is 0 Å². The Morgan fingerprint density at radius 3 is 2.22 bits per heavy atom. The Hall–Kier alpha value is -2.99. The molecule has 0 amide bonds. The van der Waals surface area contributed by atoms with Crippen molar-refractivity contribution in [3.05, 3.63) is 83.4 Å². The summed E-state index contributed by atoms with van der Waals surface area (Å²) in [4.78, 5) is 2.47. The van der Waals surface area contributed by atoms with E-state index in [1.54, 1.807) is 5.56 Å². The highest BCUT2D eigenvalue weighted by Crippen LogP contribution is 2.41. The molecule has 0 bridgehead atoms. The fourth-order valence-electron chi connectivity index (χ4n) is 6.11. The molecule has 37 heavy (non-hydrogen) atoms. The Bertz CT molecular complexity index is 1360. The van der Waals surface area contributed by atoms with Crippen LogP contribution in [0.1, 0.15) is 35.4 Å². The van der Waals surface area contributed by atoms with Gasteiger partial charge in [-0.3, -0.25) is 4.90 Å². The van der Waals surface area contributed by atoms with Crippen LogP contribution in [0.15, 0.2) is 66.7 Å². The number of aryl methyl sites for hydroxylation is 2. The molecule has 6 heteroatoms. The first kappa shape index (κ1) is 25.7. The number of ether oxygens (including phenoxy) is 2. The number of rotatable bonds is 6. The third-order valence-electron chi connectivity index (χ3n) is 7.82. The van der Waals surface area contributed by atoms with Gasteiger partial charge in [0.1, 0.15) is 0 Å². The number of aromatic nitrogens is 1. The van der Waals surface area contributed by atoms with E-state index >= 15 is 0 Å². The summed E-state index contributed by atoms with van der Waals surface area (Å²) in [5.74, 6) is 2.23. The fraction of sp³-hybridized carbons (Fsp3) is 0.355. The van der Waals surface area contributed by atoms with Crippen molar-refractivity contribution in [1.29, 1.82) is 0 Å². The molecule has 2 aliphatic rings. The number of nitrogens with zero attached hydrogens (tertiary/aromatic N) is 2. The molecular weight excluding hydrogens is 484 g/mol. The van der Waals surface area contributed by atoms with Crippen LogP contribution < -0.4 is 9.47 Å². The lowest BCUT2D eigenvalue weighted by Crippen LogP contribution is -2.41. The number of piperidine rings is 1. The predicted octanol–water partition coefficient (Wildman–Crippen LogP) is 6.32. The van der Waals surface area contributed by atoms with E-state index in [2.05, 4.69) is 71.8 Å². The van der Waals surface area contributed by atoms with Crippen LogP contribution in [-0.4, -0.2) is 47.1 Å². The molecule has 194 valence electrons. The second kappa shape index (κ2) is 10.8. The topological polar surface area (TPSA) is 46.9 Å². The zero-order valence-corrected chi connectivity index (χ0v) is 22.3. The maximum atomic E-state index is 9.73. The SMILES string of the molecule is Cc1cccc(C)c1C1CCN(CC2Oc3cc4cc(-c5ccccc5)n(CCO)c4cc3O2)CC1.Cl. The number of aliphatic hydroxyl groups is 1. The summed E-state index contributed by atoms with van der Waals surface area (Å²) in [6.45, 7) is 7.98. The molecule has 1 atom stereocenters. The molecule has 4 aromatic rings. The lowest BCUT2D eigenvalue weighted by molar-refractivity contribution is 0.00890. The molecule has 0 spiro atoms. The molecule has 0 radical (unpaired) electrons. The van der Waals surface area contributed by atoms with Crippen LogP contribution in [0, 0.1) is 13.8 Å². The van der Waals surface area contributed by atoms with Gasteiger partial charge < -0.3 is 19.1 Å². The summed E-state index contributed by atoms with van der Waals surface area (Å²) in [6, 6.07) is 23.3. The first-order chi connectivity index (χ1) is 17.6. The Morgan fingerprint density at radius 2 is 1.54 bits per heavy atom. The lowest BCUT2D eigenvalue weighted by atomic mass is 9.84. The summed E-state index contributed by atoms with van der Waals surface area (Å²) < 4.78 is 14.7.